The minimum atomic E-state index is -0.713. The summed E-state index contributed by atoms with van der Waals surface area (Å²) in [4.78, 5) is 0. The first-order valence-corrected chi connectivity index (χ1v) is 7.83. The quantitative estimate of drug-likeness (QED) is 0.848. The number of hydrogen-bond acceptors (Lipinski definition) is 2. The third kappa shape index (κ3) is 3.19. The van der Waals surface area contributed by atoms with E-state index in [0.717, 1.165) is 15.9 Å². The number of aliphatic hydroxyl groups excluding tert-OH is 1. The van der Waals surface area contributed by atoms with Crippen LogP contribution in [0.5, 0.6) is 0 Å². The number of aromatic nitrogens is 2. The van der Waals surface area contributed by atoms with Crippen LogP contribution in [0.3, 0.4) is 0 Å². The Morgan fingerprint density at radius 3 is 2.70 bits per heavy atom. The summed E-state index contributed by atoms with van der Waals surface area (Å²) in [6.07, 6.45) is -0.330. The maximum atomic E-state index is 10.4. The Morgan fingerprint density at radius 2 is 2.10 bits per heavy atom. The van der Waals surface area contributed by atoms with Crippen LogP contribution in [0.1, 0.15) is 30.0 Å². The molecular formula is C14H15BrCl2N2O. The van der Waals surface area contributed by atoms with Gasteiger partial charge in [0.2, 0.25) is 0 Å². The molecule has 1 heterocycles. The normalized spacial score (nSPS) is 12.7. The van der Waals surface area contributed by atoms with Gasteiger partial charge in [-0.2, -0.15) is 5.10 Å². The molecule has 2 aromatic rings. The van der Waals surface area contributed by atoms with Gasteiger partial charge in [-0.1, -0.05) is 45.2 Å². The molecule has 0 saturated heterocycles. The predicted octanol–water partition coefficient (Wildman–Crippen LogP) is 4.56. The summed E-state index contributed by atoms with van der Waals surface area (Å²) in [5.74, 6) is 0. The molecule has 1 N–H and O–H groups in total. The van der Waals surface area contributed by atoms with E-state index < -0.39 is 6.10 Å². The number of nitrogens with zero attached hydrogens (tertiary/aromatic N) is 2. The molecule has 1 unspecified atom stereocenters. The molecule has 1 atom stereocenters. The zero-order chi connectivity index (χ0) is 14.9. The summed E-state index contributed by atoms with van der Waals surface area (Å²) >= 11 is 15.8. The highest BCUT2D eigenvalue weighted by atomic mass is 79.9. The molecule has 0 amide bonds. The van der Waals surface area contributed by atoms with Crippen molar-refractivity contribution in [3.05, 3.63) is 49.7 Å². The van der Waals surface area contributed by atoms with Crippen LogP contribution in [-0.4, -0.2) is 14.9 Å². The van der Waals surface area contributed by atoms with Crippen molar-refractivity contribution in [1.82, 2.24) is 9.78 Å². The topological polar surface area (TPSA) is 38.0 Å². The van der Waals surface area contributed by atoms with Gasteiger partial charge in [-0.3, -0.25) is 4.68 Å². The summed E-state index contributed by atoms with van der Waals surface area (Å²) in [5, 5.41) is 15.9. The van der Waals surface area contributed by atoms with Crippen molar-refractivity contribution < 1.29 is 5.11 Å². The Morgan fingerprint density at radius 1 is 1.40 bits per heavy atom. The second-order valence-corrected chi connectivity index (χ2v) is 6.25. The second-order valence-electron chi connectivity index (χ2n) is 4.55. The molecule has 6 heteroatoms. The lowest BCUT2D eigenvalue weighted by Gasteiger charge is -2.14. The number of rotatable bonds is 4. The molecule has 20 heavy (non-hydrogen) atoms. The Kier molecular flexibility index (Phi) is 5.13. The van der Waals surface area contributed by atoms with Gasteiger partial charge in [-0.15, -0.1) is 0 Å². The van der Waals surface area contributed by atoms with Crippen LogP contribution in [0.2, 0.25) is 10.0 Å². The molecule has 0 fully saturated rings. The van der Waals surface area contributed by atoms with Crippen LogP contribution >= 0.6 is 39.1 Å². The standard InChI is InChI=1S/C14H15BrCl2N2O/c1-3-19-12(14(17)8(2)18-19)7-13(20)10-5-4-9(15)6-11(10)16/h4-6,13,20H,3,7H2,1-2H3. The molecule has 2 rings (SSSR count). The monoisotopic (exact) mass is 376 g/mol. The fourth-order valence-corrected chi connectivity index (χ4v) is 3.14. The van der Waals surface area contributed by atoms with Gasteiger partial charge in [0, 0.05) is 22.5 Å². The average Bonchev–Trinajstić information content (AvgIpc) is 2.66. The van der Waals surface area contributed by atoms with E-state index in [1.165, 1.54) is 0 Å². The molecule has 0 aliphatic rings. The number of halogens is 3. The molecule has 0 spiro atoms. The van der Waals surface area contributed by atoms with Gasteiger partial charge in [0.05, 0.1) is 22.5 Å². The van der Waals surface area contributed by atoms with Crippen LogP contribution in [0.4, 0.5) is 0 Å². The molecule has 3 nitrogen and oxygen atoms in total. The van der Waals surface area contributed by atoms with Crippen molar-refractivity contribution >= 4 is 39.1 Å². The molecule has 1 aromatic carbocycles. The Bertz CT molecular complexity index is 628. The molecule has 0 saturated carbocycles. The van der Waals surface area contributed by atoms with Gasteiger partial charge in [0.1, 0.15) is 0 Å². The predicted molar refractivity (Wildman–Crippen MR) is 85.5 cm³/mol. The first-order chi connectivity index (χ1) is 9.43. The summed E-state index contributed by atoms with van der Waals surface area (Å²) < 4.78 is 2.69. The SMILES string of the molecule is CCn1nc(C)c(Cl)c1CC(O)c1ccc(Br)cc1Cl. The van der Waals surface area contributed by atoms with E-state index in [9.17, 15) is 5.11 Å². The Hall–Kier alpha value is -0.550. The lowest BCUT2D eigenvalue weighted by molar-refractivity contribution is 0.175. The molecule has 0 bridgehead atoms. The average molecular weight is 378 g/mol. The van der Waals surface area contributed by atoms with Crippen molar-refractivity contribution in [2.24, 2.45) is 0 Å². The third-order valence-corrected chi connectivity index (χ3v) is 4.47. The first kappa shape index (κ1) is 15.8. The largest absolute Gasteiger partial charge is 0.388 e. The van der Waals surface area contributed by atoms with E-state index in [-0.39, 0.29) is 0 Å². The molecule has 0 aliphatic carbocycles. The van der Waals surface area contributed by atoms with Gasteiger partial charge in [-0.25, -0.2) is 0 Å². The molecule has 108 valence electrons. The second kappa shape index (κ2) is 6.48. The highest BCUT2D eigenvalue weighted by Gasteiger charge is 2.19. The third-order valence-electron chi connectivity index (χ3n) is 3.16. The van der Waals surface area contributed by atoms with E-state index in [4.69, 9.17) is 23.2 Å². The molecule has 0 aliphatic heterocycles. The van der Waals surface area contributed by atoms with E-state index in [0.29, 0.717) is 28.6 Å². The van der Waals surface area contributed by atoms with Crippen LogP contribution in [-0.2, 0) is 13.0 Å². The lowest BCUT2D eigenvalue weighted by Crippen LogP contribution is -2.09. The zero-order valence-corrected chi connectivity index (χ0v) is 14.3. The van der Waals surface area contributed by atoms with E-state index in [2.05, 4.69) is 21.0 Å². The van der Waals surface area contributed by atoms with E-state index in [1.807, 2.05) is 30.7 Å². The van der Waals surface area contributed by atoms with Gasteiger partial charge < -0.3 is 5.11 Å². The van der Waals surface area contributed by atoms with Gasteiger partial charge in [-0.05, 0) is 31.5 Å². The lowest BCUT2D eigenvalue weighted by atomic mass is 10.0. The van der Waals surface area contributed by atoms with E-state index >= 15 is 0 Å². The maximum absolute atomic E-state index is 10.4. The fraction of sp³-hybridized carbons (Fsp3) is 0.357. The minimum absolute atomic E-state index is 0.384. The summed E-state index contributed by atoms with van der Waals surface area (Å²) in [6.45, 7) is 4.56. The maximum Gasteiger partial charge on any atom is 0.0860 e. The first-order valence-electron chi connectivity index (χ1n) is 6.28. The summed E-state index contributed by atoms with van der Waals surface area (Å²) in [5.41, 5.74) is 2.29. The fourth-order valence-electron chi connectivity index (χ4n) is 2.13. The highest BCUT2D eigenvalue weighted by Crippen LogP contribution is 2.31. The Balaban J connectivity index is 2.30. The van der Waals surface area contributed by atoms with Crippen molar-refractivity contribution in [2.75, 3.05) is 0 Å². The van der Waals surface area contributed by atoms with Crippen molar-refractivity contribution in [2.45, 2.75) is 32.9 Å². The van der Waals surface area contributed by atoms with Crippen molar-refractivity contribution in [1.29, 1.82) is 0 Å². The van der Waals surface area contributed by atoms with Crippen LogP contribution in [0.25, 0.3) is 0 Å². The Labute approximate surface area is 136 Å². The highest BCUT2D eigenvalue weighted by molar-refractivity contribution is 9.10. The molecule has 0 radical (unpaired) electrons. The number of hydrogen-bond donors (Lipinski definition) is 1. The van der Waals surface area contributed by atoms with Gasteiger partial charge >= 0.3 is 0 Å². The van der Waals surface area contributed by atoms with Crippen LogP contribution < -0.4 is 0 Å². The van der Waals surface area contributed by atoms with Gasteiger partial charge in [0.25, 0.3) is 0 Å². The van der Waals surface area contributed by atoms with Crippen LogP contribution in [0, 0.1) is 6.92 Å². The van der Waals surface area contributed by atoms with Crippen LogP contribution in [0.15, 0.2) is 22.7 Å². The number of aliphatic hydroxyl groups is 1. The molecule has 1 aromatic heterocycles. The smallest absolute Gasteiger partial charge is 0.0860 e. The number of benzene rings is 1. The molecular weight excluding hydrogens is 363 g/mol. The van der Waals surface area contributed by atoms with Crippen molar-refractivity contribution in [3.8, 4) is 0 Å². The minimum Gasteiger partial charge on any atom is -0.388 e. The summed E-state index contributed by atoms with van der Waals surface area (Å²) in [7, 11) is 0. The summed E-state index contributed by atoms with van der Waals surface area (Å²) in [6, 6.07) is 5.43. The van der Waals surface area contributed by atoms with Crippen molar-refractivity contribution in [3.63, 3.8) is 0 Å². The number of aryl methyl sites for hydroxylation is 2. The van der Waals surface area contributed by atoms with E-state index in [1.54, 1.807) is 6.07 Å². The van der Waals surface area contributed by atoms with Gasteiger partial charge in [0.15, 0.2) is 0 Å². The zero-order valence-electron chi connectivity index (χ0n) is 11.2.